The SMILES string of the molecule is COC(=O)CCOc1ccc(S(=O)(=O)N2CCC(C)(CN)C2)cc1. The van der Waals surface area contributed by atoms with Gasteiger partial charge in [0, 0.05) is 13.1 Å². The van der Waals surface area contributed by atoms with Crippen molar-refractivity contribution < 1.29 is 22.7 Å². The first-order valence-electron chi connectivity index (χ1n) is 7.81. The number of esters is 1. The van der Waals surface area contributed by atoms with Crippen LogP contribution >= 0.6 is 0 Å². The minimum atomic E-state index is -3.53. The van der Waals surface area contributed by atoms with E-state index in [-0.39, 0.29) is 29.3 Å². The summed E-state index contributed by atoms with van der Waals surface area (Å²) in [5, 5.41) is 0. The Kier molecular flexibility index (Phi) is 5.84. The standard InChI is InChI=1S/C16H24N2O5S/c1-16(11-17)8-9-18(12-16)24(20,21)14-5-3-13(4-6-14)23-10-7-15(19)22-2/h3-6H,7-12,17H2,1-2H3. The van der Waals surface area contributed by atoms with E-state index in [4.69, 9.17) is 10.5 Å². The summed E-state index contributed by atoms with van der Waals surface area (Å²) >= 11 is 0. The minimum Gasteiger partial charge on any atom is -0.493 e. The van der Waals surface area contributed by atoms with E-state index in [9.17, 15) is 13.2 Å². The molecule has 1 heterocycles. The van der Waals surface area contributed by atoms with Crippen LogP contribution in [0.5, 0.6) is 5.75 Å². The summed E-state index contributed by atoms with van der Waals surface area (Å²) in [6.07, 6.45) is 0.902. The lowest BCUT2D eigenvalue weighted by Gasteiger charge is -2.22. The molecule has 2 N–H and O–H groups in total. The predicted molar refractivity (Wildman–Crippen MR) is 89.1 cm³/mol. The zero-order valence-corrected chi connectivity index (χ0v) is 14.8. The van der Waals surface area contributed by atoms with Gasteiger partial charge in [0.15, 0.2) is 0 Å². The molecular formula is C16H24N2O5S. The van der Waals surface area contributed by atoms with Gasteiger partial charge in [-0.1, -0.05) is 6.92 Å². The molecule has 1 aliphatic heterocycles. The van der Waals surface area contributed by atoms with Crippen LogP contribution in [-0.2, 0) is 19.6 Å². The Labute approximate surface area is 142 Å². The van der Waals surface area contributed by atoms with Crippen molar-refractivity contribution in [1.29, 1.82) is 0 Å². The molecule has 0 saturated carbocycles. The molecule has 2 rings (SSSR count). The topological polar surface area (TPSA) is 98.9 Å². The van der Waals surface area contributed by atoms with E-state index in [0.717, 1.165) is 6.42 Å². The second-order valence-electron chi connectivity index (χ2n) is 6.25. The molecule has 0 amide bonds. The van der Waals surface area contributed by atoms with Crippen LogP contribution in [0.4, 0.5) is 0 Å². The van der Waals surface area contributed by atoms with Crippen LogP contribution in [0.15, 0.2) is 29.2 Å². The maximum absolute atomic E-state index is 12.7. The number of ether oxygens (including phenoxy) is 2. The highest BCUT2D eigenvalue weighted by atomic mass is 32.2. The average Bonchev–Trinajstić information content (AvgIpc) is 2.99. The van der Waals surface area contributed by atoms with Gasteiger partial charge in [0.25, 0.3) is 0 Å². The molecule has 0 radical (unpaired) electrons. The van der Waals surface area contributed by atoms with Gasteiger partial charge in [-0.15, -0.1) is 0 Å². The lowest BCUT2D eigenvalue weighted by Crippen LogP contribution is -2.34. The molecule has 8 heteroatoms. The van der Waals surface area contributed by atoms with Gasteiger partial charge in [-0.05, 0) is 42.6 Å². The molecule has 134 valence electrons. The summed E-state index contributed by atoms with van der Waals surface area (Å²) in [4.78, 5) is 11.2. The van der Waals surface area contributed by atoms with Crippen LogP contribution in [0.1, 0.15) is 19.8 Å². The van der Waals surface area contributed by atoms with E-state index in [1.54, 1.807) is 12.1 Å². The number of hydrogen-bond donors (Lipinski definition) is 1. The highest BCUT2D eigenvalue weighted by Gasteiger charge is 2.38. The Morgan fingerprint density at radius 3 is 2.54 bits per heavy atom. The second kappa shape index (κ2) is 7.50. The average molecular weight is 356 g/mol. The fraction of sp³-hybridized carbons (Fsp3) is 0.562. The zero-order chi connectivity index (χ0) is 17.8. The Balaban J connectivity index is 2.00. The first-order valence-corrected chi connectivity index (χ1v) is 9.25. The molecule has 1 atom stereocenters. The van der Waals surface area contributed by atoms with E-state index >= 15 is 0 Å². The first-order chi connectivity index (χ1) is 11.3. The summed E-state index contributed by atoms with van der Waals surface area (Å²) < 4.78 is 36.7. The van der Waals surface area contributed by atoms with Crippen molar-refractivity contribution in [3.63, 3.8) is 0 Å². The number of carbonyl (C=O) groups is 1. The van der Waals surface area contributed by atoms with Crippen molar-refractivity contribution in [2.45, 2.75) is 24.7 Å². The Hall–Kier alpha value is -1.64. The van der Waals surface area contributed by atoms with Crippen molar-refractivity contribution in [2.24, 2.45) is 11.1 Å². The number of sulfonamides is 1. The van der Waals surface area contributed by atoms with Gasteiger partial charge in [0.2, 0.25) is 10.0 Å². The lowest BCUT2D eigenvalue weighted by atomic mass is 9.90. The minimum absolute atomic E-state index is 0.141. The van der Waals surface area contributed by atoms with Crippen molar-refractivity contribution in [2.75, 3.05) is 33.4 Å². The van der Waals surface area contributed by atoms with Gasteiger partial charge in [-0.2, -0.15) is 4.31 Å². The van der Waals surface area contributed by atoms with Crippen LogP contribution in [0, 0.1) is 5.41 Å². The molecular weight excluding hydrogens is 332 g/mol. The molecule has 0 aliphatic carbocycles. The van der Waals surface area contributed by atoms with E-state index in [1.165, 1.54) is 23.5 Å². The van der Waals surface area contributed by atoms with Crippen LogP contribution in [0.3, 0.4) is 0 Å². The van der Waals surface area contributed by atoms with Gasteiger partial charge in [-0.3, -0.25) is 4.79 Å². The number of nitrogens with two attached hydrogens (primary N) is 1. The highest BCUT2D eigenvalue weighted by Crippen LogP contribution is 2.32. The summed E-state index contributed by atoms with van der Waals surface area (Å²) in [5.74, 6) is 0.150. The zero-order valence-electron chi connectivity index (χ0n) is 14.0. The van der Waals surface area contributed by atoms with Crippen LogP contribution in [0.25, 0.3) is 0 Å². The lowest BCUT2D eigenvalue weighted by molar-refractivity contribution is -0.141. The van der Waals surface area contributed by atoms with Gasteiger partial charge in [0.05, 0.1) is 25.0 Å². The quantitative estimate of drug-likeness (QED) is 0.732. The maximum atomic E-state index is 12.7. The molecule has 1 aromatic rings. The molecule has 1 saturated heterocycles. The molecule has 1 unspecified atom stereocenters. The number of nitrogens with zero attached hydrogens (tertiary/aromatic N) is 1. The summed E-state index contributed by atoms with van der Waals surface area (Å²) in [5.41, 5.74) is 5.58. The number of rotatable bonds is 7. The van der Waals surface area contributed by atoms with Gasteiger partial charge >= 0.3 is 5.97 Å². The Morgan fingerprint density at radius 1 is 1.33 bits per heavy atom. The van der Waals surface area contributed by atoms with E-state index in [0.29, 0.717) is 25.4 Å². The van der Waals surface area contributed by atoms with Crippen LogP contribution in [-0.4, -0.2) is 52.0 Å². The normalized spacial score (nSPS) is 21.6. The van der Waals surface area contributed by atoms with E-state index < -0.39 is 10.0 Å². The Bertz CT molecular complexity index is 674. The van der Waals surface area contributed by atoms with Gasteiger partial charge in [-0.25, -0.2) is 8.42 Å². The van der Waals surface area contributed by atoms with Crippen molar-refractivity contribution >= 4 is 16.0 Å². The molecule has 1 fully saturated rings. The molecule has 0 aromatic heterocycles. The smallest absolute Gasteiger partial charge is 0.308 e. The number of benzene rings is 1. The third kappa shape index (κ3) is 4.25. The van der Waals surface area contributed by atoms with Crippen LogP contribution in [0.2, 0.25) is 0 Å². The fourth-order valence-electron chi connectivity index (χ4n) is 2.56. The maximum Gasteiger partial charge on any atom is 0.308 e. The van der Waals surface area contributed by atoms with Crippen molar-refractivity contribution in [3.8, 4) is 5.75 Å². The van der Waals surface area contributed by atoms with Gasteiger partial charge < -0.3 is 15.2 Å². The van der Waals surface area contributed by atoms with E-state index in [2.05, 4.69) is 4.74 Å². The summed E-state index contributed by atoms with van der Waals surface area (Å²) in [7, 11) is -2.21. The molecule has 7 nitrogen and oxygen atoms in total. The third-order valence-electron chi connectivity index (χ3n) is 4.28. The van der Waals surface area contributed by atoms with Crippen LogP contribution < -0.4 is 10.5 Å². The predicted octanol–water partition coefficient (Wildman–Crippen LogP) is 0.988. The first kappa shape index (κ1) is 18.7. The second-order valence-corrected chi connectivity index (χ2v) is 8.19. The number of methoxy groups -OCH3 is 1. The largest absolute Gasteiger partial charge is 0.493 e. The molecule has 0 bridgehead atoms. The van der Waals surface area contributed by atoms with E-state index in [1.807, 2.05) is 6.92 Å². The Morgan fingerprint density at radius 2 is 2.00 bits per heavy atom. The fourth-order valence-corrected chi connectivity index (χ4v) is 4.15. The van der Waals surface area contributed by atoms with Crippen molar-refractivity contribution in [1.82, 2.24) is 4.31 Å². The molecule has 1 aromatic carbocycles. The molecule has 0 spiro atoms. The molecule has 1 aliphatic rings. The number of carbonyl (C=O) groups excluding carboxylic acids is 1. The highest BCUT2D eigenvalue weighted by molar-refractivity contribution is 7.89. The summed E-state index contributed by atoms with van der Waals surface area (Å²) in [6, 6.07) is 6.20. The third-order valence-corrected chi connectivity index (χ3v) is 6.14. The van der Waals surface area contributed by atoms with Gasteiger partial charge in [0.1, 0.15) is 5.75 Å². The van der Waals surface area contributed by atoms with Crippen molar-refractivity contribution in [3.05, 3.63) is 24.3 Å². The monoisotopic (exact) mass is 356 g/mol. The molecule has 24 heavy (non-hydrogen) atoms. The number of hydrogen-bond acceptors (Lipinski definition) is 6. The summed E-state index contributed by atoms with van der Waals surface area (Å²) in [6.45, 7) is 3.56.